The number of nitrogens with one attached hydrogen (secondary N) is 1. The maximum atomic E-state index is 11.5. The van der Waals surface area contributed by atoms with Crippen LogP contribution in [-0.2, 0) is 4.79 Å². The van der Waals surface area contributed by atoms with Gasteiger partial charge in [0.25, 0.3) is 0 Å². The molecular weight excluding hydrogens is 240 g/mol. The number of carbonyl (C=O) groups excluding carboxylic acids is 1. The molecule has 0 spiro atoms. The van der Waals surface area contributed by atoms with Crippen molar-refractivity contribution in [3.05, 3.63) is 24.4 Å². The Morgan fingerprint density at radius 2 is 2.37 bits per heavy atom. The molecule has 0 aromatic rings. The Morgan fingerprint density at radius 3 is 2.95 bits per heavy atom. The number of amides is 1. The Hall–Kier alpha value is -1.91. The van der Waals surface area contributed by atoms with Crippen LogP contribution in [0.3, 0.4) is 0 Å². The van der Waals surface area contributed by atoms with Crippen molar-refractivity contribution in [2.24, 2.45) is 9.98 Å². The van der Waals surface area contributed by atoms with Gasteiger partial charge in [0, 0.05) is 17.5 Å². The van der Waals surface area contributed by atoms with Gasteiger partial charge in [0.05, 0.1) is 6.34 Å². The maximum absolute atomic E-state index is 11.5. The van der Waals surface area contributed by atoms with Gasteiger partial charge in [-0.05, 0) is 33.8 Å². The van der Waals surface area contributed by atoms with Gasteiger partial charge in [-0.3, -0.25) is 14.8 Å². The van der Waals surface area contributed by atoms with Crippen molar-refractivity contribution >= 4 is 18.0 Å². The molecule has 0 bridgehead atoms. The highest BCUT2D eigenvalue weighted by atomic mass is 16.1. The van der Waals surface area contributed by atoms with Crippen LogP contribution in [0.2, 0.25) is 0 Å². The largest absolute Gasteiger partial charge is 0.349 e. The Kier molecular flexibility index (Phi) is 5.48. The van der Waals surface area contributed by atoms with E-state index in [2.05, 4.69) is 21.9 Å². The molecule has 1 aliphatic rings. The lowest BCUT2D eigenvalue weighted by Gasteiger charge is -2.28. The first-order valence-corrected chi connectivity index (χ1v) is 6.37. The highest BCUT2D eigenvalue weighted by Gasteiger charge is 2.15. The number of rotatable bonds is 5. The fourth-order valence-electron chi connectivity index (χ4n) is 1.82. The summed E-state index contributed by atoms with van der Waals surface area (Å²) in [6.45, 7) is 11.5. The zero-order chi connectivity index (χ0) is 14.4. The van der Waals surface area contributed by atoms with Gasteiger partial charge < -0.3 is 10.2 Å². The van der Waals surface area contributed by atoms with E-state index in [1.54, 1.807) is 12.4 Å². The molecule has 2 unspecified atom stereocenters. The summed E-state index contributed by atoms with van der Waals surface area (Å²) in [7, 11) is 0. The second kappa shape index (κ2) is 6.87. The number of hydrogen-bond acceptors (Lipinski definition) is 3. The molecule has 0 radical (unpaired) electrons. The van der Waals surface area contributed by atoms with E-state index in [9.17, 15) is 4.79 Å². The average Bonchev–Trinajstić information content (AvgIpc) is 2.32. The molecule has 104 valence electrons. The van der Waals surface area contributed by atoms with Crippen LogP contribution in [0.4, 0.5) is 0 Å². The van der Waals surface area contributed by atoms with Crippen molar-refractivity contribution in [3.63, 3.8) is 0 Å². The fraction of sp³-hybridized carbons (Fsp3) is 0.500. The van der Waals surface area contributed by atoms with Crippen LogP contribution >= 0.6 is 0 Å². The van der Waals surface area contributed by atoms with Crippen molar-refractivity contribution in [2.75, 3.05) is 6.54 Å². The molecule has 0 aromatic carbocycles. The van der Waals surface area contributed by atoms with Gasteiger partial charge in [0.15, 0.2) is 0 Å². The summed E-state index contributed by atoms with van der Waals surface area (Å²) in [5.41, 5.74) is 2.08. The lowest BCUT2D eigenvalue weighted by Crippen LogP contribution is -2.34. The molecule has 0 fully saturated rings. The third-order valence-corrected chi connectivity index (χ3v) is 2.80. The van der Waals surface area contributed by atoms with Crippen LogP contribution in [0.5, 0.6) is 0 Å². The zero-order valence-corrected chi connectivity index (χ0v) is 12.1. The van der Waals surface area contributed by atoms with Gasteiger partial charge in [-0.15, -0.1) is 6.58 Å². The van der Waals surface area contributed by atoms with Gasteiger partial charge >= 0.3 is 0 Å². The quantitative estimate of drug-likeness (QED) is 0.466. The Morgan fingerprint density at radius 1 is 1.68 bits per heavy atom. The Bertz CT molecular complexity index is 437. The van der Waals surface area contributed by atoms with Gasteiger partial charge in [-0.2, -0.15) is 0 Å². The Balaban J connectivity index is 2.52. The van der Waals surface area contributed by atoms with Crippen LogP contribution in [0.15, 0.2) is 34.4 Å². The number of allylic oxidation sites excluding steroid dienone is 2. The van der Waals surface area contributed by atoms with Gasteiger partial charge in [0.2, 0.25) is 5.91 Å². The van der Waals surface area contributed by atoms with Gasteiger partial charge in [-0.1, -0.05) is 6.08 Å². The first kappa shape index (κ1) is 15.1. The summed E-state index contributed by atoms with van der Waals surface area (Å²) in [6.07, 6.45) is 5.36. The molecule has 5 heteroatoms. The van der Waals surface area contributed by atoms with Crippen molar-refractivity contribution in [3.8, 4) is 0 Å². The minimum absolute atomic E-state index is 0.0175. The monoisotopic (exact) mass is 262 g/mol. The highest BCUT2D eigenvalue weighted by molar-refractivity contribution is 5.94. The molecule has 1 heterocycles. The molecule has 1 rings (SSSR count). The molecule has 0 aromatic heterocycles. The van der Waals surface area contributed by atoms with E-state index in [0.717, 1.165) is 11.4 Å². The molecular formula is C14H22N4O. The molecule has 0 saturated carbocycles. The van der Waals surface area contributed by atoms with E-state index in [1.165, 1.54) is 0 Å². The van der Waals surface area contributed by atoms with Crippen molar-refractivity contribution in [2.45, 2.75) is 39.9 Å². The van der Waals surface area contributed by atoms with E-state index in [4.69, 9.17) is 0 Å². The van der Waals surface area contributed by atoms with E-state index < -0.39 is 0 Å². The average molecular weight is 262 g/mol. The zero-order valence-electron chi connectivity index (χ0n) is 12.1. The van der Waals surface area contributed by atoms with Crippen LogP contribution in [0.25, 0.3) is 0 Å². The van der Waals surface area contributed by atoms with Crippen LogP contribution < -0.4 is 5.32 Å². The van der Waals surface area contributed by atoms with Crippen molar-refractivity contribution in [1.29, 1.82) is 0 Å². The van der Waals surface area contributed by atoms with Crippen LogP contribution in [-0.4, -0.2) is 41.6 Å². The summed E-state index contributed by atoms with van der Waals surface area (Å²) in [6, 6.07) is -0.0366. The first-order valence-electron chi connectivity index (χ1n) is 6.37. The minimum atomic E-state index is -0.116. The second-order valence-corrected chi connectivity index (χ2v) is 4.64. The smallest absolute Gasteiger partial charge is 0.242 e. The van der Waals surface area contributed by atoms with E-state index >= 15 is 0 Å². The predicted molar refractivity (Wildman–Crippen MR) is 79.3 cm³/mol. The fourth-order valence-corrected chi connectivity index (χ4v) is 1.82. The summed E-state index contributed by atoms with van der Waals surface area (Å²) in [5.74, 6) is -0.116. The molecule has 0 saturated heterocycles. The molecule has 1 aliphatic heterocycles. The molecule has 2 atom stereocenters. The first-order chi connectivity index (χ1) is 8.93. The van der Waals surface area contributed by atoms with E-state index in [1.807, 2.05) is 38.7 Å². The number of carbonyl (C=O) groups is 1. The van der Waals surface area contributed by atoms with Gasteiger partial charge in [-0.25, -0.2) is 0 Å². The van der Waals surface area contributed by atoms with E-state index in [0.29, 0.717) is 0 Å². The minimum Gasteiger partial charge on any atom is -0.349 e. The number of nitrogens with zero attached hydrogens (tertiary/aromatic N) is 3. The topological polar surface area (TPSA) is 57.1 Å². The maximum Gasteiger partial charge on any atom is 0.242 e. The lowest BCUT2D eigenvalue weighted by atomic mass is 10.2. The Labute approximate surface area is 114 Å². The molecule has 19 heavy (non-hydrogen) atoms. The predicted octanol–water partition coefficient (Wildman–Crippen LogP) is 1.73. The third kappa shape index (κ3) is 4.69. The van der Waals surface area contributed by atoms with Crippen molar-refractivity contribution in [1.82, 2.24) is 10.2 Å². The summed E-state index contributed by atoms with van der Waals surface area (Å²) >= 11 is 0. The summed E-state index contributed by atoms with van der Waals surface area (Å²) in [5, 5.41) is 2.77. The van der Waals surface area contributed by atoms with Crippen molar-refractivity contribution < 1.29 is 4.79 Å². The summed E-state index contributed by atoms with van der Waals surface area (Å²) in [4.78, 5) is 22.1. The second-order valence-electron chi connectivity index (χ2n) is 4.64. The number of aliphatic imine (C=N–C) groups is 2. The van der Waals surface area contributed by atoms with E-state index in [-0.39, 0.29) is 24.7 Å². The summed E-state index contributed by atoms with van der Waals surface area (Å²) < 4.78 is 0. The molecule has 5 nitrogen and oxygen atoms in total. The molecule has 1 N–H and O–H groups in total. The lowest BCUT2D eigenvalue weighted by molar-refractivity contribution is -0.120. The van der Waals surface area contributed by atoms with Crippen LogP contribution in [0, 0.1) is 0 Å². The molecule has 0 aliphatic carbocycles. The normalized spacial score (nSPS) is 20.8. The standard InChI is InChI=1S/C14H22N4O/c1-6-10(2)17-14(19)8-15-9-18-12(4)7-11(3)16-13(18)5/h6-7,9-10,13H,1,8H2,2-5H3,(H,17,19). The van der Waals surface area contributed by atoms with Gasteiger partial charge in [0.1, 0.15) is 12.7 Å². The third-order valence-electron chi connectivity index (χ3n) is 2.80. The highest BCUT2D eigenvalue weighted by Crippen LogP contribution is 2.13. The SMILES string of the molecule is C=CC(C)NC(=O)CN=CN1C(C)=CC(C)=NC1C. The van der Waals surface area contributed by atoms with Crippen LogP contribution in [0.1, 0.15) is 27.7 Å². The number of hydrogen-bond donors (Lipinski definition) is 1. The molecule has 1 amide bonds.